The van der Waals surface area contributed by atoms with E-state index in [2.05, 4.69) is 0 Å². The minimum Gasteiger partial charge on any atom is -0.442 e. The molecule has 5 nitrogen and oxygen atoms in total. The summed E-state index contributed by atoms with van der Waals surface area (Å²) in [5, 5.41) is 0. The first-order valence-electron chi connectivity index (χ1n) is 8.15. The lowest BCUT2D eigenvalue weighted by Gasteiger charge is -2.17. The second-order valence-electron chi connectivity index (χ2n) is 5.35. The van der Waals surface area contributed by atoms with Crippen LogP contribution in [0.5, 0.6) is 0 Å². The zero-order chi connectivity index (χ0) is 18.2. The lowest BCUT2D eigenvalue weighted by atomic mass is 10.1. The lowest BCUT2D eigenvalue weighted by molar-refractivity contribution is -0.166. The number of benzene rings is 2. The van der Waals surface area contributed by atoms with Gasteiger partial charge in [-0.2, -0.15) is 0 Å². The molecule has 0 saturated carbocycles. The van der Waals surface area contributed by atoms with Gasteiger partial charge in [0.2, 0.25) is 6.10 Å². The molecule has 0 aromatic heterocycles. The Kier molecular flexibility index (Phi) is 6.46. The molecule has 25 heavy (non-hydrogen) atoms. The van der Waals surface area contributed by atoms with E-state index >= 15 is 0 Å². The molecule has 0 saturated heterocycles. The molecular weight excluding hydrogens is 320 g/mol. The summed E-state index contributed by atoms with van der Waals surface area (Å²) >= 11 is 0. The van der Waals surface area contributed by atoms with Crippen LogP contribution in [0.2, 0.25) is 0 Å². The molecule has 0 spiro atoms. The van der Waals surface area contributed by atoms with E-state index in [1.54, 1.807) is 49.4 Å². The van der Waals surface area contributed by atoms with E-state index < -0.39 is 24.0 Å². The summed E-state index contributed by atoms with van der Waals surface area (Å²) in [6, 6.07) is 15.5. The number of rotatable bonds is 6. The molecule has 0 N–H and O–H groups in total. The average molecular weight is 340 g/mol. The third kappa shape index (κ3) is 4.76. The number of carbonyl (C=O) groups is 3. The normalized spacial score (nSPS) is 11.4. The predicted molar refractivity (Wildman–Crippen MR) is 91.8 cm³/mol. The summed E-state index contributed by atoms with van der Waals surface area (Å²) in [4.78, 5) is 36.3. The number of aryl methyl sites for hydroxylation is 1. The lowest BCUT2D eigenvalue weighted by Crippen LogP contribution is -2.24. The third-order valence-electron chi connectivity index (χ3n) is 3.66. The van der Waals surface area contributed by atoms with Crippen molar-refractivity contribution < 1.29 is 23.9 Å². The van der Waals surface area contributed by atoms with Crippen molar-refractivity contribution in [2.75, 3.05) is 0 Å². The van der Waals surface area contributed by atoms with Crippen molar-refractivity contribution in [3.8, 4) is 0 Å². The Morgan fingerprint density at radius 3 is 2.20 bits per heavy atom. The fourth-order valence-electron chi connectivity index (χ4n) is 2.32. The van der Waals surface area contributed by atoms with Gasteiger partial charge in [-0.15, -0.1) is 0 Å². The van der Waals surface area contributed by atoms with E-state index in [1.807, 2.05) is 19.1 Å². The maximum atomic E-state index is 12.6. The van der Waals surface area contributed by atoms with Crippen LogP contribution in [0.3, 0.4) is 0 Å². The highest BCUT2D eigenvalue weighted by Crippen LogP contribution is 2.22. The molecule has 130 valence electrons. The van der Waals surface area contributed by atoms with Crippen molar-refractivity contribution in [2.45, 2.75) is 32.8 Å². The van der Waals surface area contributed by atoms with Gasteiger partial charge in [-0.05, 0) is 18.1 Å². The van der Waals surface area contributed by atoms with Crippen molar-refractivity contribution in [1.29, 1.82) is 0 Å². The predicted octanol–water partition coefficient (Wildman–Crippen LogP) is 3.63. The Labute approximate surface area is 146 Å². The Morgan fingerprint density at radius 1 is 0.920 bits per heavy atom. The molecule has 2 rings (SSSR count). The molecule has 0 heterocycles. The molecule has 1 atom stereocenters. The van der Waals surface area contributed by atoms with Gasteiger partial charge < -0.3 is 9.47 Å². The number of hydrogen-bond acceptors (Lipinski definition) is 5. The molecule has 0 bridgehead atoms. The third-order valence-corrected chi connectivity index (χ3v) is 3.66. The first-order chi connectivity index (χ1) is 12.1. The number of carbonyl (C=O) groups excluding carboxylic acids is 3. The van der Waals surface area contributed by atoms with E-state index in [1.165, 1.54) is 0 Å². The van der Waals surface area contributed by atoms with Crippen molar-refractivity contribution in [3.05, 3.63) is 71.3 Å². The largest absolute Gasteiger partial charge is 0.442 e. The molecule has 0 radical (unpaired) electrons. The first kappa shape index (κ1) is 18.4. The van der Waals surface area contributed by atoms with Gasteiger partial charge in [0, 0.05) is 12.0 Å². The molecule has 2 aromatic carbocycles. The molecule has 2 aromatic rings. The van der Waals surface area contributed by atoms with E-state index in [-0.39, 0.29) is 6.42 Å². The first-order valence-corrected chi connectivity index (χ1v) is 8.15. The zero-order valence-electron chi connectivity index (χ0n) is 14.2. The second kappa shape index (κ2) is 8.78. The average Bonchev–Trinajstić information content (AvgIpc) is 2.66. The second-order valence-corrected chi connectivity index (χ2v) is 5.35. The fourth-order valence-corrected chi connectivity index (χ4v) is 2.32. The summed E-state index contributed by atoms with van der Waals surface area (Å²) in [5.41, 5.74) is 1.65. The van der Waals surface area contributed by atoms with Gasteiger partial charge >= 0.3 is 17.9 Å². The molecule has 0 aliphatic rings. The number of esters is 3. The van der Waals surface area contributed by atoms with Crippen LogP contribution in [0, 0.1) is 0 Å². The van der Waals surface area contributed by atoms with E-state index in [0.29, 0.717) is 17.5 Å². The maximum absolute atomic E-state index is 12.6. The molecule has 5 heteroatoms. The van der Waals surface area contributed by atoms with Gasteiger partial charge in [0.05, 0.1) is 5.56 Å². The molecule has 1 unspecified atom stereocenters. The maximum Gasteiger partial charge on any atom is 0.359 e. The van der Waals surface area contributed by atoms with Crippen LogP contribution < -0.4 is 0 Å². The minimum atomic E-state index is -1.30. The summed E-state index contributed by atoms with van der Waals surface area (Å²) < 4.78 is 10.2. The Morgan fingerprint density at radius 2 is 1.56 bits per heavy atom. The topological polar surface area (TPSA) is 69.7 Å². The van der Waals surface area contributed by atoms with E-state index in [4.69, 9.17) is 9.47 Å². The Balaban J connectivity index is 2.28. The monoisotopic (exact) mass is 340 g/mol. The summed E-state index contributed by atoms with van der Waals surface area (Å²) in [6.45, 7) is 3.51. The molecular formula is C20H20O5. The van der Waals surface area contributed by atoms with E-state index in [0.717, 1.165) is 5.56 Å². The van der Waals surface area contributed by atoms with Crippen LogP contribution in [-0.2, 0) is 25.5 Å². The number of hydrogen-bond donors (Lipinski definition) is 0. The fraction of sp³-hybridized carbons (Fsp3) is 0.250. The molecule has 0 aliphatic carbocycles. The van der Waals surface area contributed by atoms with Crippen LogP contribution in [0.1, 0.15) is 47.9 Å². The molecule has 0 amide bonds. The van der Waals surface area contributed by atoms with Crippen LogP contribution in [0.15, 0.2) is 54.6 Å². The van der Waals surface area contributed by atoms with Gasteiger partial charge in [0.15, 0.2) is 0 Å². The number of ether oxygens (including phenoxy) is 2. The van der Waals surface area contributed by atoms with Crippen molar-refractivity contribution >= 4 is 17.9 Å². The van der Waals surface area contributed by atoms with E-state index in [9.17, 15) is 14.4 Å². The van der Waals surface area contributed by atoms with Crippen molar-refractivity contribution in [1.82, 2.24) is 0 Å². The zero-order valence-corrected chi connectivity index (χ0v) is 14.2. The Bertz CT molecular complexity index is 752. The van der Waals surface area contributed by atoms with Crippen molar-refractivity contribution in [3.63, 3.8) is 0 Å². The highest BCUT2D eigenvalue weighted by atomic mass is 16.6. The summed E-state index contributed by atoms with van der Waals surface area (Å²) in [6.07, 6.45) is -0.589. The van der Waals surface area contributed by atoms with Crippen LogP contribution in [0.4, 0.5) is 0 Å². The van der Waals surface area contributed by atoms with Crippen LogP contribution in [-0.4, -0.2) is 17.9 Å². The standard InChI is InChI=1S/C20H20O5/c1-3-14-10-8-9-13-16(14)19(22)25-18(15-11-6-5-7-12-15)20(23)24-17(21)4-2/h5-13,18H,3-4H2,1-2H3. The van der Waals surface area contributed by atoms with Gasteiger partial charge in [-0.1, -0.05) is 62.4 Å². The highest BCUT2D eigenvalue weighted by Gasteiger charge is 2.29. The summed E-state index contributed by atoms with van der Waals surface area (Å²) in [5.74, 6) is -2.21. The van der Waals surface area contributed by atoms with Gasteiger partial charge in [-0.25, -0.2) is 9.59 Å². The molecule has 0 fully saturated rings. The van der Waals surface area contributed by atoms with Crippen LogP contribution >= 0.6 is 0 Å². The van der Waals surface area contributed by atoms with Crippen molar-refractivity contribution in [2.24, 2.45) is 0 Å². The Hall–Kier alpha value is -2.95. The smallest absolute Gasteiger partial charge is 0.359 e. The summed E-state index contributed by atoms with van der Waals surface area (Å²) in [7, 11) is 0. The SMILES string of the molecule is CCC(=O)OC(=O)C(OC(=O)c1ccccc1CC)c1ccccc1. The minimum absolute atomic E-state index is 0.0554. The highest BCUT2D eigenvalue weighted by molar-refractivity contribution is 5.94. The quantitative estimate of drug-likeness (QED) is 0.593. The van der Waals surface area contributed by atoms with Gasteiger partial charge in [-0.3, -0.25) is 4.79 Å². The molecule has 0 aliphatic heterocycles. The van der Waals surface area contributed by atoms with Gasteiger partial charge in [0.25, 0.3) is 0 Å². The van der Waals surface area contributed by atoms with Gasteiger partial charge in [0.1, 0.15) is 0 Å². The van der Waals surface area contributed by atoms with Crippen LogP contribution in [0.25, 0.3) is 0 Å².